The second kappa shape index (κ2) is 9.73. The van der Waals surface area contributed by atoms with E-state index in [0.29, 0.717) is 12.8 Å². The molecule has 0 spiro atoms. The molecule has 0 aliphatic rings. The highest BCUT2D eigenvalue weighted by atomic mass is 16.1. The van der Waals surface area contributed by atoms with Crippen molar-refractivity contribution in [1.82, 2.24) is 0 Å². The maximum atomic E-state index is 12.2. The number of rotatable bonds is 9. The van der Waals surface area contributed by atoms with E-state index < -0.39 is 0 Å². The van der Waals surface area contributed by atoms with Crippen LogP contribution < -0.4 is 0 Å². The number of ketones is 2. The number of Topliss-reactive ketones (excluding diaryl/α,β-unsaturated/α-hetero) is 2. The molecule has 0 N–H and O–H groups in total. The Morgan fingerprint density at radius 1 is 0.720 bits per heavy atom. The largest absolute Gasteiger partial charge is 0.300 e. The van der Waals surface area contributed by atoms with Crippen LogP contribution in [0.3, 0.4) is 0 Å². The molecule has 0 radical (unpaired) electrons. The summed E-state index contributed by atoms with van der Waals surface area (Å²) in [7, 11) is 0. The highest BCUT2D eigenvalue weighted by Gasteiger charge is 2.14. The Kier molecular flexibility index (Phi) is 7.34. The maximum absolute atomic E-state index is 12.2. The monoisotopic (exact) mass is 334 g/mol. The molecule has 0 aliphatic heterocycles. The highest BCUT2D eigenvalue weighted by molar-refractivity contribution is 5.95. The van der Waals surface area contributed by atoms with Gasteiger partial charge in [0.1, 0.15) is 5.78 Å². The summed E-state index contributed by atoms with van der Waals surface area (Å²) in [5.41, 5.74) is 4.27. The Balaban J connectivity index is 2.17. The van der Waals surface area contributed by atoms with Crippen LogP contribution in [0.25, 0.3) is 0 Å². The van der Waals surface area contributed by atoms with E-state index in [1.54, 1.807) is 13.8 Å². The van der Waals surface area contributed by atoms with Crippen LogP contribution in [0.2, 0.25) is 0 Å². The third-order valence-corrected chi connectivity index (χ3v) is 4.38. The third kappa shape index (κ3) is 6.50. The lowest BCUT2D eigenvalue weighted by atomic mass is 9.91. The van der Waals surface area contributed by atoms with Gasteiger partial charge in [-0.15, -0.1) is 0 Å². The average molecular weight is 334 g/mol. The lowest BCUT2D eigenvalue weighted by Crippen LogP contribution is -2.07. The van der Waals surface area contributed by atoms with Gasteiger partial charge in [0.05, 0.1) is 0 Å². The van der Waals surface area contributed by atoms with Crippen molar-refractivity contribution in [2.24, 2.45) is 0 Å². The van der Waals surface area contributed by atoms with E-state index in [1.165, 1.54) is 11.1 Å². The van der Waals surface area contributed by atoms with Crippen LogP contribution in [0.5, 0.6) is 0 Å². The first kappa shape index (κ1) is 18.9. The zero-order valence-electron chi connectivity index (χ0n) is 15.1. The van der Waals surface area contributed by atoms with Gasteiger partial charge in [-0.1, -0.05) is 66.2 Å². The number of carbonyl (C=O) groups is 2. The molecule has 130 valence electrons. The zero-order valence-corrected chi connectivity index (χ0v) is 15.1. The number of benzene rings is 2. The van der Waals surface area contributed by atoms with E-state index in [9.17, 15) is 9.59 Å². The molecule has 0 saturated heterocycles. The van der Waals surface area contributed by atoms with Crippen molar-refractivity contribution in [3.8, 4) is 0 Å². The van der Waals surface area contributed by atoms with Gasteiger partial charge in [-0.3, -0.25) is 9.59 Å². The summed E-state index contributed by atoms with van der Waals surface area (Å²) < 4.78 is 0. The molecule has 2 aromatic rings. The summed E-state index contributed by atoms with van der Waals surface area (Å²) in [5.74, 6) is 0.196. The van der Waals surface area contributed by atoms with Crippen LogP contribution in [0, 0.1) is 0 Å². The molecule has 0 unspecified atom stereocenters. The average Bonchev–Trinajstić information content (AvgIpc) is 2.60. The molecule has 0 atom stereocenters. The Morgan fingerprint density at radius 3 is 1.64 bits per heavy atom. The molecule has 0 saturated carbocycles. The predicted molar refractivity (Wildman–Crippen MR) is 103 cm³/mol. The van der Waals surface area contributed by atoms with Crippen LogP contribution in [0.1, 0.15) is 44.2 Å². The Bertz CT molecular complexity index is 727. The lowest BCUT2D eigenvalue weighted by Gasteiger charge is -2.13. The second-order valence-corrected chi connectivity index (χ2v) is 6.49. The van der Waals surface area contributed by atoms with Crippen molar-refractivity contribution >= 4 is 11.6 Å². The SMILES string of the molecule is CC(=O)C/C(CCc1ccccc1)=C(\CCc1ccccc1)C(C)=O. The first-order valence-electron chi connectivity index (χ1n) is 8.85. The minimum absolute atomic E-state index is 0.0836. The summed E-state index contributed by atoms with van der Waals surface area (Å²) in [6.45, 7) is 3.21. The number of allylic oxidation sites excluding steroid dienone is 2. The van der Waals surface area contributed by atoms with E-state index in [0.717, 1.165) is 30.4 Å². The normalized spacial score (nSPS) is 11.8. The maximum Gasteiger partial charge on any atom is 0.155 e. The fourth-order valence-electron chi connectivity index (χ4n) is 3.10. The van der Waals surface area contributed by atoms with Crippen molar-refractivity contribution in [1.29, 1.82) is 0 Å². The minimum Gasteiger partial charge on any atom is -0.300 e. The van der Waals surface area contributed by atoms with Crippen molar-refractivity contribution in [2.45, 2.75) is 46.0 Å². The molecule has 25 heavy (non-hydrogen) atoms. The number of aryl methyl sites for hydroxylation is 2. The summed E-state index contributed by atoms with van der Waals surface area (Å²) in [5, 5.41) is 0. The van der Waals surface area contributed by atoms with Crippen molar-refractivity contribution < 1.29 is 9.59 Å². The molecule has 2 heteroatoms. The summed E-state index contributed by atoms with van der Waals surface area (Å²) >= 11 is 0. The van der Waals surface area contributed by atoms with Gasteiger partial charge < -0.3 is 0 Å². The van der Waals surface area contributed by atoms with Crippen LogP contribution in [0.4, 0.5) is 0 Å². The van der Waals surface area contributed by atoms with E-state index in [4.69, 9.17) is 0 Å². The van der Waals surface area contributed by atoms with E-state index in [1.807, 2.05) is 36.4 Å². The first-order valence-corrected chi connectivity index (χ1v) is 8.85. The van der Waals surface area contributed by atoms with Gasteiger partial charge in [-0.2, -0.15) is 0 Å². The van der Waals surface area contributed by atoms with E-state index in [2.05, 4.69) is 24.3 Å². The Hall–Kier alpha value is -2.48. The molecule has 0 fully saturated rings. The molecule has 0 amide bonds. The van der Waals surface area contributed by atoms with Gasteiger partial charge in [0, 0.05) is 6.42 Å². The molecule has 0 heterocycles. The topological polar surface area (TPSA) is 34.1 Å². The van der Waals surface area contributed by atoms with Gasteiger partial charge in [-0.05, 0) is 56.2 Å². The van der Waals surface area contributed by atoms with Crippen LogP contribution in [-0.2, 0) is 22.4 Å². The molecule has 2 aromatic carbocycles. The van der Waals surface area contributed by atoms with Crippen LogP contribution in [-0.4, -0.2) is 11.6 Å². The van der Waals surface area contributed by atoms with Crippen LogP contribution in [0.15, 0.2) is 71.8 Å². The molecule has 2 rings (SSSR count). The Labute approximate surface area is 150 Å². The number of hydrogen-bond donors (Lipinski definition) is 0. The van der Waals surface area contributed by atoms with Gasteiger partial charge in [-0.25, -0.2) is 0 Å². The predicted octanol–water partition coefficient (Wildman–Crippen LogP) is 5.12. The van der Waals surface area contributed by atoms with Crippen molar-refractivity contribution in [3.05, 3.63) is 82.9 Å². The summed E-state index contributed by atoms with van der Waals surface area (Å²) in [6, 6.07) is 20.4. The molecule has 0 aliphatic carbocycles. The van der Waals surface area contributed by atoms with Gasteiger partial charge in [0.25, 0.3) is 0 Å². The highest BCUT2D eigenvalue weighted by Crippen LogP contribution is 2.22. The van der Waals surface area contributed by atoms with Gasteiger partial charge >= 0.3 is 0 Å². The molecule has 0 bridgehead atoms. The van der Waals surface area contributed by atoms with Crippen molar-refractivity contribution in [2.75, 3.05) is 0 Å². The van der Waals surface area contributed by atoms with Crippen LogP contribution >= 0.6 is 0 Å². The minimum atomic E-state index is 0.0836. The molecule has 0 aromatic heterocycles. The smallest absolute Gasteiger partial charge is 0.155 e. The van der Waals surface area contributed by atoms with E-state index >= 15 is 0 Å². The molecule has 2 nitrogen and oxygen atoms in total. The standard InChI is InChI=1S/C23H26O2/c1-18(24)17-22(15-13-20-9-5-3-6-10-20)23(19(2)25)16-14-21-11-7-4-8-12-21/h3-12H,13-17H2,1-2H3/b23-22+. The summed E-state index contributed by atoms with van der Waals surface area (Å²) in [4.78, 5) is 24.0. The molecular formula is C23H26O2. The quantitative estimate of drug-likeness (QED) is 0.597. The fourth-order valence-corrected chi connectivity index (χ4v) is 3.10. The Morgan fingerprint density at radius 2 is 1.20 bits per heavy atom. The fraction of sp³-hybridized carbons (Fsp3) is 0.304. The molecular weight excluding hydrogens is 308 g/mol. The summed E-state index contributed by atoms with van der Waals surface area (Å²) in [6.07, 6.45) is 3.49. The van der Waals surface area contributed by atoms with Crippen molar-refractivity contribution in [3.63, 3.8) is 0 Å². The van der Waals surface area contributed by atoms with E-state index in [-0.39, 0.29) is 11.6 Å². The lowest BCUT2D eigenvalue weighted by molar-refractivity contribution is -0.116. The first-order chi connectivity index (χ1) is 12.1. The second-order valence-electron chi connectivity index (χ2n) is 6.49. The number of hydrogen-bond acceptors (Lipinski definition) is 2. The third-order valence-electron chi connectivity index (χ3n) is 4.38. The zero-order chi connectivity index (χ0) is 18.1. The number of carbonyl (C=O) groups excluding carboxylic acids is 2. The van der Waals surface area contributed by atoms with Gasteiger partial charge in [0.2, 0.25) is 0 Å². The van der Waals surface area contributed by atoms with Gasteiger partial charge in [0.15, 0.2) is 5.78 Å².